The number of rotatable bonds is 3. The Morgan fingerprint density at radius 2 is 0.814 bits per heavy atom. The minimum absolute atomic E-state index is 0. The molecule has 313 valence electrons. The maximum Gasteiger partial charge on any atom is 0.334 e. The molecule has 6 rings (SSSR count). The van der Waals surface area contributed by atoms with Crippen LogP contribution < -0.4 is 11.9 Å². The standard InChI is InChI=1S/C12H8ClO.C12H10NO.C12H9O2.3C3H8.Cl2OS.H3N.3Y/c3*1-8-2-3-10-7-11(12(13)14)5-4-9(10)6-8;3*1-3-2;1-4(2)3;;;;/h3-7H,1H3;3-7H,1H3,(H2,13,14);3-7H,1H3,(H,13,14);3*3H2,1-2H3;;1H3;;;/q3*-1;;;;;;;;. The number of carboxylic acid groups (broad SMARTS) is 1. The van der Waals surface area contributed by atoms with Crippen LogP contribution in [-0.2, 0) is 107 Å². The Kier molecular flexibility index (Phi) is 44.0. The number of carboxylic acids is 1. The summed E-state index contributed by atoms with van der Waals surface area (Å²) >= 11 is 5.39. The number of hydrogen-bond acceptors (Lipinski definition) is 5. The average Bonchev–Trinajstić information content (AvgIpc) is 3.12. The average molecular weight is 1110 g/mol. The first-order valence-electron chi connectivity index (χ1n) is 17.7. The van der Waals surface area contributed by atoms with Gasteiger partial charge in [0.2, 0.25) is 15.1 Å². The topological polar surface area (TPSA) is 150 Å². The van der Waals surface area contributed by atoms with Gasteiger partial charge in [0.25, 0.3) is 5.24 Å². The van der Waals surface area contributed by atoms with Gasteiger partial charge in [0.15, 0.2) is 0 Å². The Hall–Kier alpha value is -0.998. The zero-order valence-electron chi connectivity index (χ0n) is 35.4. The largest absolute Gasteiger partial charge is 0.478 e. The number of aromatic carboxylic acids is 1. The number of nitrogens with two attached hydrogens (primary N) is 1. The molecule has 0 fully saturated rings. The van der Waals surface area contributed by atoms with E-state index in [9.17, 15) is 14.4 Å². The van der Waals surface area contributed by atoms with Crippen molar-refractivity contribution in [2.75, 3.05) is 0 Å². The molecule has 0 bridgehead atoms. The van der Waals surface area contributed by atoms with E-state index >= 15 is 0 Å². The van der Waals surface area contributed by atoms with Gasteiger partial charge in [-0.2, -0.15) is 71.3 Å². The fourth-order valence-electron chi connectivity index (χ4n) is 4.30. The van der Waals surface area contributed by atoms with Crippen LogP contribution in [0.15, 0.2) is 91.0 Å². The molecule has 6 aromatic carbocycles. The maximum absolute atomic E-state index is 10.9. The number of primary amides is 1. The predicted octanol–water partition coefficient (Wildman–Crippen LogP) is 13.5. The number of hydrogen-bond donors (Lipinski definition) is 3. The Bertz CT molecular complexity index is 1920. The van der Waals surface area contributed by atoms with Crippen molar-refractivity contribution in [3.8, 4) is 0 Å². The molecule has 1 amide bonds. The Morgan fingerprint density at radius 1 is 0.559 bits per heavy atom. The van der Waals surface area contributed by atoms with E-state index in [2.05, 4.69) is 81.1 Å². The second-order valence-corrected chi connectivity index (χ2v) is 15.0. The molecule has 6 N–H and O–H groups in total. The fourth-order valence-corrected chi connectivity index (χ4v) is 4.42. The molecule has 0 atom stereocenters. The molecule has 0 spiro atoms. The summed E-state index contributed by atoms with van der Waals surface area (Å²) in [5.41, 5.74) is 9.79. The van der Waals surface area contributed by atoms with Crippen LogP contribution in [0.3, 0.4) is 0 Å². The summed E-state index contributed by atoms with van der Waals surface area (Å²) in [4.78, 5) is 32.5. The van der Waals surface area contributed by atoms with E-state index in [0.29, 0.717) is 16.7 Å². The Morgan fingerprint density at radius 3 is 1.08 bits per heavy atom. The number of amides is 1. The van der Waals surface area contributed by atoms with Gasteiger partial charge in [-0.3, -0.25) is 9.59 Å². The van der Waals surface area contributed by atoms with E-state index in [0.717, 1.165) is 49.0 Å². The van der Waals surface area contributed by atoms with Gasteiger partial charge in [-0.25, -0.2) is 9.00 Å². The molecule has 59 heavy (non-hydrogen) atoms. The smallest absolute Gasteiger partial charge is 0.334 e. The summed E-state index contributed by atoms with van der Waals surface area (Å²) in [7, 11) is 7.36. The monoisotopic (exact) mass is 1110 g/mol. The molecule has 3 radical (unpaired) electrons. The normalized spacial score (nSPS) is 8.90. The van der Waals surface area contributed by atoms with Gasteiger partial charge in [0.05, 0.1) is 0 Å². The number of fused-ring (bicyclic) bond motifs is 3. The molecular weight excluding hydrogens is 1050 g/mol. The third-order valence-electron chi connectivity index (χ3n) is 6.50. The van der Waals surface area contributed by atoms with Crippen molar-refractivity contribution >= 4 is 91.6 Å². The van der Waals surface area contributed by atoms with Gasteiger partial charge in [-0.05, 0) is 11.6 Å². The molecule has 0 aliphatic carbocycles. The van der Waals surface area contributed by atoms with Crippen molar-refractivity contribution in [1.82, 2.24) is 6.15 Å². The van der Waals surface area contributed by atoms with Crippen molar-refractivity contribution in [2.24, 2.45) is 5.73 Å². The minimum atomic E-state index is -1.67. The van der Waals surface area contributed by atoms with Crippen molar-refractivity contribution in [3.05, 3.63) is 143 Å². The molecule has 0 aliphatic heterocycles. The van der Waals surface area contributed by atoms with Gasteiger partial charge >= 0.3 is 5.97 Å². The van der Waals surface area contributed by atoms with Gasteiger partial charge in [-0.1, -0.05) is 136 Å². The molecule has 0 heterocycles. The number of carbonyl (C=O) groups is 3. The fraction of sp³-hybridized carbons (Fsp3) is 0.267. The van der Waals surface area contributed by atoms with Crippen LogP contribution in [0, 0.1) is 39.0 Å². The van der Waals surface area contributed by atoms with Crippen LogP contribution in [0.4, 0.5) is 0 Å². The molecule has 7 nitrogen and oxygen atoms in total. The third-order valence-corrected chi connectivity index (χ3v) is 6.72. The third kappa shape index (κ3) is 29.1. The quantitative estimate of drug-likeness (QED) is 0.119. The van der Waals surface area contributed by atoms with Crippen molar-refractivity contribution in [1.29, 1.82) is 0 Å². The van der Waals surface area contributed by atoms with Crippen LogP contribution in [-0.4, -0.2) is 26.4 Å². The minimum Gasteiger partial charge on any atom is -0.478 e. The molecule has 0 aromatic heterocycles. The SMILES string of the molecule is CCC.CCC.CCC.Cc1[c-]cc2cc(C(=O)Cl)ccc2c1.Cc1[c-]cc2cc(C(=O)O)ccc2c1.Cc1[c-]cc2cc(C(N)=O)ccc2c1.N.O=S(Cl)Cl.[Y].[Y].[Y]. The van der Waals surface area contributed by atoms with Crippen LogP contribution in [0.2, 0.25) is 0 Å². The van der Waals surface area contributed by atoms with Gasteiger partial charge < -0.3 is 17.0 Å². The van der Waals surface area contributed by atoms with Crippen molar-refractivity contribution < 1.29 is 122 Å². The zero-order valence-corrected chi connectivity index (χ0v) is 47.0. The molecule has 6 aromatic rings. The van der Waals surface area contributed by atoms with Gasteiger partial charge in [0.1, 0.15) is 0 Å². The van der Waals surface area contributed by atoms with Gasteiger partial charge in [-0.15, -0.1) is 32.3 Å². The van der Waals surface area contributed by atoms with E-state index in [4.69, 9.17) is 26.7 Å². The van der Waals surface area contributed by atoms with E-state index < -0.39 is 26.3 Å². The molecule has 0 aliphatic rings. The number of benzene rings is 6. The van der Waals surface area contributed by atoms with E-state index in [-0.39, 0.29) is 104 Å². The predicted molar refractivity (Wildman–Crippen MR) is 241 cm³/mol. The number of carbonyl (C=O) groups excluding carboxylic acids is 2. The Labute approximate surface area is 443 Å². The molecule has 0 unspecified atom stereocenters. The first-order valence-corrected chi connectivity index (χ1v) is 20.9. The van der Waals surface area contributed by atoms with Crippen LogP contribution in [0.25, 0.3) is 32.3 Å². The molecular formula is C45H54Cl3N2O5SY3-3. The summed E-state index contributed by atoms with van der Waals surface area (Å²) in [6.45, 7) is 18.7. The first-order chi connectivity index (χ1) is 26.0. The van der Waals surface area contributed by atoms with Crippen LogP contribution >= 0.6 is 33.0 Å². The Balaban J connectivity index is -0.000000209. The summed E-state index contributed by atoms with van der Waals surface area (Å²) in [6, 6.07) is 36.7. The zero-order chi connectivity index (χ0) is 42.1. The van der Waals surface area contributed by atoms with Gasteiger partial charge in [0, 0.05) is 136 Å². The summed E-state index contributed by atoms with van der Waals surface area (Å²) < 4.78 is 9.09. The molecule has 14 heteroatoms. The van der Waals surface area contributed by atoms with Crippen molar-refractivity contribution in [3.63, 3.8) is 0 Å². The number of halogens is 3. The summed E-state index contributed by atoms with van der Waals surface area (Å²) in [5, 5.41) is 14.5. The van der Waals surface area contributed by atoms with E-state index in [1.807, 2.05) is 75.4 Å². The first kappa shape index (κ1) is 67.1. The van der Waals surface area contributed by atoms with E-state index in [1.165, 1.54) is 19.3 Å². The summed E-state index contributed by atoms with van der Waals surface area (Å²) in [5.74, 6) is -1.29. The summed E-state index contributed by atoms with van der Waals surface area (Å²) in [6.07, 6.45) is 3.75. The number of aryl methyl sites for hydroxylation is 3. The molecule has 0 saturated carbocycles. The van der Waals surface area contributed by atoms with E-state index in [1.54, 1.807) is 36.4 Å². The second kappa shape index (κ2) is 38.7. The van der Waals surface area contributed by atoms with Crippen LogP contribution in [0.1, 0.15) is 109 Å². The maximum atomic E-state index is 10.9. The van der Waals surface area contributed by atoms with Crippen LogP contribution in [0.5, 0.6) is 0 Å². The molecule has 0 saturated heterocycles. The second-order valence-electron chi connectivity index (χ2n) is 12.1. The van der Waals surface area contributed by atoms with Crippen molar-refractivity contribution in [2.45, 2.75) is 81.6 Å².